The van der Waals surface area contributed by atoms with Crippen LogP contribution in [0.1, 0.15) is 0 Å². The molecule has 0 bridgehead atoms. The van der Waals surface area contributed by atoms with Crippen molar-refractivity contribution in [3.05, 3.63) is 72.9 Å². The van der Waals surface area contributed by atoms with Gasteiger partial charge >= 0.3 is 0 Å². The van der Waals surface area contributed by atoms with E-state index < -0.39 is 0 Å². The second-order valence-electron chi connectivity index (χ2n) is 6.91. The number of hydrogen-bond acceptors (Lipinski definition) is 4. The predicted octanol–water partition coefficient (Wildman–Crippen LogP) is 5.03. The van der Waals surface area contributed by atoms with Gasteiger partial charge in [0.15, 0.2) is 11.6 Å². The second kappa shape index (κ2) is 6.67. The van der Waals surface area contributed by atoms with Crippen LogP contribution in [0.3, 0.4) is 0 Å². The predicted molar refractivity (Wildman–Crippen MR) is 114 cm³/mol. The van der Waals surface area contributed by atoms with Gasteiger partial charge in [-0.3, -0.25) is 4.98 Å². The lowest BCUT2D eigenvalue weighted by atomic mass is 10.0. The minimum atomic E-state index is -0.359. The molecule has 1 N–H and O–H groups in total. The molecule has 142 valence electrons. The minimum Gasteiger partial charge on any atom is -0.373 e. The molecule has 29 heavy (non-hydrogen) atoms. The molecule has 0 aliphatic carbocycles. The molecule has 0 radical (unpaired) electrons. The third-order valence-electron chi connectivity index (χ3n) is 5.16. The highest BCUT2D eigenvalue weighted by molar-refractivity contribution is 5.95. The first-order valence-corrected chi connectivity index (χ1v) is 9.29. The van der Waals surface area contributed by atoms with Crippen LogP contribution in [0, 0.1) is 5.82 Å². The Labute approximate surface area is 166 Å². The topological polar surface area (TPSA) is 55.6 Å². The molecule has 5 rings (SSSR count). The lowest BCUT2D eigenvalue weighted by Gasteiger charge is -2.11. The van der Waals surface area contributed by atoms with Gasteiger partial charge in [0.1, 0.15) is 11.3 Å². The number of aromatic nitrogens is 4. The Morgan fingerprint density at radius 1 is 1.00 bits per heavy atom. The zero-order valence-electron chi connectivity index (χ0n) is 16.0. The summed E-state index contributed by atoms with van der Waals surface area (Å²) in [5.41, 5.74) is 3.46. The smallest absolute Gasteiger partial charge is 0.163 e. The Morgan fingerprint density at radius 2 is 1.90 bits per heavy atom. The molecule has 0 aliphatic rings. The Bertz CT molecular complexity index is 1360. The number of fused-ring (bicyclic) bond motifs is 2. The fourth-order valence-corrected chi connectivity index (χ4v) is 3.65. The van der Waals surface area contributed by atoms with Crippen molar-refractivity contribution < 1.29 is 4.39 Å². The molecule has 3 aromatic heterocycles. The number of nitrogens with zero attached hydrogens (tertiary/aromatic N) is 4. The summed E-state index contributed by atoms with van der Waals surface area (Å²) >= 11 is 0. The molecule has 0 aliphatic heterocycles. The molecule has 6 heteroatoms. The number of halogens is 1. The number of rotatable bonds is 3. The van der Waals surface area contributed by atoms with E-state index in [1.807, 2.05) is 60.3 Å². The van der Waals surface area contributed by atoms with Gasteiger partial charge in [-0.25, -0.2) is 14.4 Å². The fraction of sp³-hybridized carbons (Fsp3) is 0.0870. The molecule has 3 heterocycles. The lowest BCUT2D eigenvalue weighted by Crippen LogP contribution is -2.01. The first kappa shape index (κ1) is 17.3. The van der Waals surface area contributed by atoms with Gasteiger partial charge in [-0.2, -0.15) is 0 Å². The van der Waals surface area contributed by atoms with Crippen LogP contribution >= 0.6 is 0 Å². The first-order valence-electron chi connectivity index (χ1n) is 9.29. The summed E-state index contributed by atoms with van der Waals surface area (Å²) in [6, 6.07) is 15.3. The van der Waals surface area contributed by atoms with E-state index in [-0.39, 0.29) is 11.3 Å². The molecular weight excluding hydrogens is 365 g/mol. The van der Waals surface area contributed by atoms with E-state index in [4.69, 9.17) is 0 Å². The molecular formula is C23H18FN5. The van der Waals surface area contributed by atoms with Crippen LogP contribution in [0.25, 0.3) is 44.3 Å². The molecule has 0 fully saturated rings. The summed E-state index contributed by atoms with van der Waals surface area (Å²) in [5, 5.41) is 4.76. The SMILES string of the molecule is CNc1nc(-c2cccnc2)nc2c(F)c(-c3ccc4c(ccn4C)c3)ccc12. The highest BCUT2D eigenvalue weighted by Crippen LogP contribution is 2.33. The normalized spacial score (nSPS) is 11.3. The highest BCUT2D eigenvalue weighted by Gasteiger charge is 2.16. The third-order valence-corrected chi connectivity index (χ3v) is 5.16. The van der Waals surface area contributed by atoms with Gasteiger partial charge in [-0.05, 0) is 42.0 Å². The molecule has 2 aromatic carbocycles. The fourth-order valence-electron chi connectivity index (χ4n) is 3.65. The second-order valence-corrected chi connectivity index (χ2v) is 6.91. The van der Waals surface area contributed by atoms with Crippen molar-refractivity contribution in [1.29, 1.82) is 0 Å². The number of hydrogen-bond donors (Lipinski definition) is 1. The van der Waals surface area contributed by atoms with Crippen molar-refractivity contribution in [3.63, 3.8) is 0 Å². The van der Waals surface area contributed by atoms with E-state index in [1.54, 1.807) is 25.5 Å². The molecule has 5 nitrogen and oxygen atoms in total. The molecule has 0 unspecified atom stereocenters. The average molecular weight is 383 g/mol. The number of benzene rings is 2. The van der Waals surface area contributed by atoms with Gasteiger partial charge in [0.25, 0.3) is 0 Å². The molecule has 0 spiro atoms. The van der Waals surface area contributed by atoms with Crippen molar-refractivity contribution in [2.45, 2.75) is 0 Å². The van der Waals surface area contributed by atoms with E-state index in [1.165, 1.54) is 0 Å². The van der Waals surface area contributed by atoms with Gasteiger partial charge in [-0.15, -0.1) is 0 Å². The van der Waals surface area contributed by atoms with Gasteiger partial charge in [0.2, 0.25) is 0 Å². The molecule has 5 aromatic rings. The maximum atomic E-state index is 15.6. The van der Waals surface area contributed by atoms with E-state index in [2.05, 4.69) is 20.3 Å². The van der Waals surface area contributed by atoms with Crippen molar-refractivity contribution >= 4 is 27.6 Å². The maximum Gasteiger partial charge on any atom is 0.163 e. The Kier molecular flexibility index (Phi) is 3.98. The van der Waals surface area contributed by atoms with Gasteiger partial charge in [-0.1, -0.05) is 12.1 Å². The maximum absolute atomic E-state index is 15.6. The Morgan fingerprint density at radius 3 is 2.69 bits per heavy atom. The van der Waals surface area contributed by atoms with Gasteiger partial charge in [0, 0.05) is 60.1 Å². The van der Waals surface area contributed by atoms with Crippen molar-refractivity contribution in [1.82, 2.24) is 19.5 Å². The summed E-state index contributed by atoms with van der Waals surface area (Å²) in [7, 11) is 3.76. The summed E-state index contributed by atoms with van der Waals surface area (Å²) in [5.74, 6) is 0.657. The van der Waals surface area contributed by atoms with Gasteiger partial charge < -0.3 is 9.88 Å². The third kappa shape index (κ3) is 2.81. The van der Waals surface area contributed by atoms with E-state index in [0.717, 1.165) is 22.0 Å². The van der Waals surface area contributed by atoms with Gasteiger partial charge in [0.05, 0.1) is 0 Å². The van der Waals surface area contributed by atoms with Crippen LogP contribution in [0.4, 0.5) is 10.2 Å². The zero-order chi connectivity index (χ0) is 20.0. The first-order chi connectivity index (χ1) is 14.2. The molecule has 0 saturated carbocycles. The number of aryl methyl sites for hydroxylation is 1. The standard InChI is InChI=1S/C23H18FN5/c1-25-23-18-7-6-17(14-5-8-19-15(12-14)9-11-29(19)2)20(24)21(18)27-22(28-23)16-4-3-10-26-13-16/h3-13H,1-2H3,(H,25,27,28). The molecule has 0 saturated heterocycles. The Hall–Kier alpha value is -3.80. The zero-order valence-corrected chi connectivity index (χ0v) is 16.0. The quantitative estimate of drug-likeness (QED) is 0.475. The van der Waals surface area contributed by atoms with Crippen molar-refractivity contribution in [2.75, 3.05) is 12.4 Å². The monoisotopic (exact) mass is 383 g/mol. The van der Waals surface area contributed by atoms with Crippen molar-refractivity contribution in [3.8, 4) is 22.5 Å². The van der Waals surface area contributed by atoms with Crippen LogP contribution in [0.5, 0.6) is 0 Å². The average Bonchev–Trinajstić information content (AvgIpc) is 3.14. The van der Waals surface area contributed by atoms with Crippen LogP contribution in [-0.4, -0.2) is 26.6 Å². The largest absolute Gasteiger partial charge is 0.373 e. The summed E-state index contributed by atoms with van der Waals surface area (Å²) in [4.78, 5) is 13.2. The van der Waals surface area contributed by atoms with Crippen molar-refractivity contribution in [2.24, 2.45) is 7.05 Å². The van der Waals surface area contributed by atoms with Crippen LogP contribution < -0.4 is 5.32 Å². The number of anilines is 1. The minimum absolute atomic E-state index is 0.286. The summed E-state index contributed by atoms with van der Waals surface area (Å²) in [6.45, 7) is 0. The number of nitrogens with one attached hydrogen (secondary N) is 1. The summed E-state index contributed by atoms with van der Waals surface area (Å²) < 4.78 is 17.7. The van der Waals surface area contributed by atoms with E-state index in [9.17, 15) is 0 Å². The van der Waals surface area contributed by atoms with Crippen LogP contribution in [0.2, 0.25) is 0 Å². The van der Waals surface area contributed by atoms with Crippen LogP contribution in [-0.2, 0) is 7.05 Å². The molecule has 0 atom stereocenters. The summed E-state index contributed by atoms with van der Waals surface area (Å²) in [6.07, 6.45) is 5.35. The number of pyridine rings is 1. The van der Waals surface area contributed by atoms with E-state index in [0.29, 0.717) is 22.6 Å². The molecule has 0 amide bonds. The highest BCUT2D eigenvalue weighted by atomic mass is 19.1. The Balaban J connectivity index is 1.74. The van der Waals surface area contributed by atoms with Crippen LogP contribution in [0.15, 0.2) is 67.1 Å². The van der Waals surface area contributed by atoms with E-state index >= 15 is 4.39 Å². The lowest BCUT2D eigenvalue weighted by molar-refractivity contribution is 0.640.